The van der Waals surface area contributed by atoms with Crippen molar-refractivity contribution in [2.24, 2.45) is 0 Å². The molecule has 0 bridgehead atoms. The lowest BCUT2D eigenvalue weighted by atomic mass is 10.1. The zero-order valence-corrected chi connectivity index (χ0v) is 15.7. The Hall–Kier alpha value is -2.22. The van der Waals surface area contributed by atoms with Crippen LogP contribution in [0.1, 0.15) is 30.1 Å². The van der Waals surface area contributed by atoms with Gasteiger partial charge in [0.05, 0.1) is 20.3 Å². The molecular weight excluding hydrogens is 358 g/mol. The van der Waals surface area contributed by atoms with E-state index in [4.69, 9.17) is 9.47 Å². The Bertz CT molecular complexity index is 647. The van der Waals surface area contributed by atoms with E-state index in [9.17, 15) is 18.4 Å². The summed E-state index contributed by atoms with van der Waals surface area (Å²) in [6, 6.07) is 4.98. The van der Waals surface area contributed by atoms with Crippen LogP contribution in [0.25, 0.3) is 0 Å². The Morgan fingerprint density at radius 1 is 1.15 bits per heavy atom. The lowest BCUT2D eigenvalue weighted by Crippen LogP contribution is -2.49. The number of carbonyl (C=O) groups excluding carboxylic acids is 2. The number of halogens is 2. The first-order valence-corrected chi connectivity index (χ1v) is 9.00. The number of Topliss-reactive ketones (excluding diaryl/α,β-unsaturated/α-hetero) is 1. The maximum absolute atomic E-state index is 12.4. The highest BCUT2D eigenvalue weighted by Crippen LogP contribution is 2.28. The standard InChI is InChI=1S/C19H26F2N2O4/c1-14(24)15-5-6-16(17(12-15)26-2)27-11-3-4-19(25)23-9-7-22(8-10-23)13-18(20)21/h5-6,12,18H,3-4,7-11,13H2,1-2H3. The van der Waals surface area contributed by atoms with E-state index >= 15 is 0 Å². The number of alkyl halides is 2. The summed E-state index contributed by atoms with van der Waals surface area (Å²) < 4.78 is 35.6. The first-order valence-electron chi connectivity index (χ1n) is 9.00. The summed E-state index contributed by atoms with van der Waals surface area (Å²) in [5.41, 5.74) is 0.542. The predicted octanol–water partition coefficient (Wildman–Crippen LogP) is 2.47. The highest BCUT2D eigenvalue weighted by molar-refractivity contribution is 5.94. The maximum Gasteiger partial charge on any atom is 0.251 e. The van der Waals surface area contributed by atoms with Crippen molar-refractivity contribution in [1.82, 2.24) is 9.80 Å². The van der Waals surface area contributed by atoms with E-state index in [1.807, 2.05) is 0 Å². The molecule has 2 rings (SSSR count). The van der Waals surface area contributed by atoms with Gasteiger partial charge in [0, 0.05) is 38.2 Å². The monoisotopic (exact) mass is 384 g/mol. The van der Waals surface area contributed by atoms with Crippen LogP contribution in [0, 0.1) is 0 Å². The van der Waals surface area contributed by atoms with Gasteiger partial charge in [-0.2, -0.15) is 0 Å². The normalized spacial score (nSPS) is 15.1. The van der Waals surface area contributed by atoms with E-state index < -0.39 is 6.43 Å². The van der Waals surface area contributed by atoms with Crippen molar-refractivity contribution in [3.63, 3.8) is 0 Å². The van der Waals surface area contributed by atoms with Gasteiger partial charge in [0.1, 0.15) is 0 Å². The molecule has 0 spiro atoms. The average molecular weight is 384 g/mol. The summed E-state index contributed by atoms with van der Waals surface area (Å²) in [5.74, 6) is 0.952. The molecule has 1 fully saturated rings. The van der Waals surface area contributed by atoms with Crippen LogP contribution in [0.15, 0.2) is 18.2 Å². The second kappa shape index (κ2) is 10.2. The summed E-state index contributed by atoms with van der Waals surface area (Å²) in [6.07, 6.45) is -1.47. The number of rotatable bonds is 9. The SMILES string of the molecule is COc1cc(C(C)=O)ccc1OCCCC(=O)N1CCN(CC(F)F)CC1. The summed E-state index contributed by atoms with van der Waals surface area (Å²) in [6.45, 7) is 3.50. The number of benzene rings is 1. The van der Waals surface area contributed by atoms with Gasteiger partial charge < -0.3 is 14.4 Å². The van der Waals surface area contributed by atoms with Gasteiger partial charge in [-0.05, 0) is 31.5 Å². The van der Waals surface area contributed by atoms with Crippen LogP contribution in [0.2, 0.25) is 0 Å². The Kier molecular flexibility index (Phi) is 7.97. The molecule has 27 heavy (non-hydrogen) atoms. The number of amides is 1. The third-order valence-corrected chi connectivity index (χ3v) is 4.48. The fraction of sp³-hybridized carbons (Fsp3) is 0.579. The van der Waals surface area contributed by atoms with Crippen LogP contribution < -0.4 is 9.47 Å². The molecule has 0 aliphatic carbocycles. The molecule has 1 aromatic carbocycles. The molecule has 0 atom stereocenters. The summed E-state index contributed by atoms with van der Waals surface area (Å²) in [7, 11) is 1.50. The van der Waals surface area contributed by atoms with Gasteiger partial charge in [0.25, 0.3) is 6.43 Å². The van der Waals surface area contributed by atoms with E-state index in [1.54, 1.807) is 28.0 Å². The molecular formula is C19H26F2N2O4. The smallest absolute Gasteiger partial charge is 0.251 e. The molecule has 0 radical (unpaired) electrons. The van der Waals surface area contributed by atoms with Crippen LogP contribution in [-0.4, -0.2) is 74.4 Å². The fourth-order valence-corrected chi connectivity index (χ4v) is 2.94. The number of carbonyl (C=O) groups is 2. The zero-order valence-electron chi connectivity index (χ0n) is 15.7. The van der Waals surface area contributed by atoms with E-state index in [1.165, 1.54) is 14.0 Å². The van der Waals surface area contributed by atoms with Crippen LogP contribution in [0.4, 0.5) is 8.78 Å². The molecule has 150 valence electrons. The Balaban J connectivity index is 1.72. The van der Waals surface area contributed by atoms with Crippen molar-refractivity contribution in [2.45, 2.75) is 26.2 Å². The topological polar surface area (TPSA) is 59.1 Å². The average Bonchev–Trinajstić information content (AvgIpc) is 2.65. The van der Waals surface area contributed by atoms with Gasteiger partial charge in [-0.25, -0.2) is 8.78 Å². The number of methoxy groups -OCH3 is 1. The highest BCUT2D eigenvalue weighted by Gasteiger charge is 2.22. The minimum absolute atomic E-state index is 0.00851. The molecule has 1 aliphatic rings. The maximum atomic E-state index is 12.4. The molecule has 0 saturated carbocycles. The minimum Gasteiger partial charge on any atom is -0.493 e. The van der Waals surface area contributed by atoms with E-state index in [2.05, 4.69) is 0 Å². The number of hydrogen-bond acceptors (Lipinski definition) is 5. The number of piperazine rings is 1. The number of ketones is 1. The predicted molar refractivity (Wildman–Crippen MR) is 96.8 cm³/mol. The molecule has 6 nitrogen and oxygen atoms in total. The van der Waals surface area contributed by atoms with Crippen LogP contribution in [-0.2, 0) is 4.79 Å². The van der Waals surface area contributed by atoms with Crippen molar-refractivity contribution in [3.05, 3.63) is 23.8 Å². The minimum atomic E-state index is -2.34. The van der Waals surface area contributed by atoms with Gasteiger partial charge in [-0.15, -0.1) is 0 Å². The molecule has 1 saturated heterocycles. The van der Waals surface area contributed by atoms with Crippen molar-refractivity contribution in [2.75, 3.05) is 46.4 Å². The molecule has 1 aliphatic heterocycles. The van der Waals surface area contributed by atoms with Gasteiger partial charge in [0.2, 0.25) is 5.91 Å². The third-order valence-electron chi connectivity index (χ3n) is 4.48. The number of hydrogen-bond donors (Lipinski definition) is 0. The van der Waals surface area contributed by atoms with Crippen molar-refractivity contribution in [3.8, 4) is 11.5 Å². The summed E-state index contributed by atoms with van der Waals surface area (Å²) in [4.78, 5) is 27.0. The Morgan fingerprint density at radius 3 is 2.44 bits per heavy atom. The van der Waals surface area contributed by atoms with Gasteiger partial charge >= 0.3 is 0 Å². The number of nitrogens with zero attached hydrogens (tertiary/aromatic N) is 2. The molecule has 0 N–H and O–H groups in total. The van der Waals surface area contributed by atoms with Gasteiger partial charge in [0.15, 0.2) is 17.3 Å². The van der Waals surface area contributed by atoms with Gasteiger partial charge in [-0.3, -0.25) is 14.5 Å². The third kappa shape index (κ3) is 6.46. The van der Waals surface area contributed by atoms with Crippen LogP contribution >= 0.6 is 0 Å². The summed E-state index contributed by atoms with van der Waals surface area (Å²) >= 11 is 0. The van der Waals surface area contributed by atoms with Crippen molar-refractivity contribution >= 4 is 11.7 Å². The molecule has 1 heterocycles. The first kappa shape index (κ1) is 21.1. The lowest BCUT2D eigenvalue weighted by molar-refractivity contribution is -0.133. The van der Waals surface area contributed by atoms with Crippen molar-refractivity contribution in [1.29, 1.82) is 0 Å². The molecule has 0 unspecified atom stereocenters. The van der Waals surface area contributed by atoms with Crippen molar-refractivity contribution < 1.29 is 27.8 Å². The molecule has 1 aromatic rings. The number of ether oxygens (including phenoxy) is 2. The molecule has 8 heteroatoms. The quantitative estimate of drug-likeness (QED) is 0.484. The fourth-order valence-electron chi connectivity index (χ4n) is 2.94. The van der Waals surface area contributed by atoms with Crippen LogP contribution in [0.3, 0.4) is 0 Å². The Labute approximate surface area is 158 Å². The van der Waals surface area contributed by atoms with E-state index in [0.717, 1.165) is 0 Å². The van der Waals surface area contributed by atoms with E-state index in [-0.39, 0.29) is 18.2 Å². The van der Waals surface area contributed by atoms with Gasteiger partial charge in [-0.1, -0.05) is 0 Å². The van der Waals surface area contributed by atoms with E-state index in [0.29, 0.717) is 62.7 Å². The first-order chi connectivity index (χ1) is 12.9. The highest BCUT2D eigenvalue weighted by atomic mass is 19.3. The lowest BCUT2D eigenvalue weighted by Gasteiger charge is -2.34. The largest absolute Gasteiger partial charge is 0.493 e. The second-order valence-electron chi connectivity index (χ2n) is 6.45. The molecule has 0 aromatic heterocycles. The zero-order chi connectivity index (χ0) is 19.8. The Morgan fingerprint density at radius 2 is 1.85 bits per heavy atom. The summed E-state index contributed by atoms with van der Waals surface area (Å²) in [5, 5.41) is 0. The molecule has 1 amide bonds. The van der Waals surface area contributed by atoms with Crippen LogP contribution in [0.5, 0.6) is 11.5 Å². The second-order valence-corrected chi connectivity index (χ2v) is 6.45.